The van der Waals surface area contributed by atoms with Gasteiger partial charge in [0.05, 0.1) is 0 Å². The maximum atomic E-state index is 13.1. The lowest BCUT2D eigenvalue weighted by Gasteiger charge is -2.11. The molecule has 1 N–H and O–H groups in total. The zero-order valence-electron chi connectivity index (χ0n) is 15.1. The maximum absolute atomic E-state index is 13.1. The van der Waals surface area contributed by atoms with E-state index in [1.165, 1.54) is 36.4 Å². The highest BCUT2D eigenvalue weighted by Gasteiger charge is 2.43. The van der Waals surface area contributed by atoms with Crippen LogP contribution in [0.15, 0.2) is 36.4 Å². The van der Waals surface area contributed by atoms with Gasteiger partial charge in [-0.05, 0) is 41.5 Å². The van der Waals surface area contributed by atoms with E-state index in [-0.39, 0.29) is 34.0 Å². The summed E-state index contributed by atoms with van der Waals surface area (Å²) in [5, 5.41) is 18.6. The van der Waals surface area contributed by atoms with Crippen molar-refractivity contribution in [2.24, 2.45) is 0 Å². The molecule has 0 atom stereocenters. The number of aromatic amines is 1. The van der Waals surface area contributed by atoms with E-state index in [1.54, 1.807) is 6.07 Å². The van der Waals surface area contributed by atoms with Crippen molar-refractivity contribution >= 4 is 12.2 Å². The van der Waals surface area contributed by atoms with Crippen LogP contribution in [0.1, 0.15) is 16.8 Å². The van der Waals surface area contributed by atoms with Crippen molar-refractivity contribution in [3.63, 3.8) is 0 Å². The van der Waals surface area contributed by atoms with Gasteiger partial charge in [0.15, 0.2) is 17.2 Å². The lowest BCUT2D eigenvalue weighted by atomic mass is 10.0. The van der Waals surface area contributed by atoms with E-state index in [9.17, 15) is 22.0 Å². The lowest BCUT2D eigenvalue weighted by Crippen LogP contribution is -2.25. The maximum Gasteiger partial charge on any atom is 0.586 e. The number of H-pyrrole nitrogens is 1. The van der Waals surface area contributed by atoms with Crippen LogP contribution in [0.5, 0.6) is 17.2 Å². The Hall–Kier alpha value is -4.14. The third kappa shape index (κ3) is 4.55. The molecule has 0 spiro atoms. The van der Waals surface area contributed by atoms with Gasteiger partial charge < -0.3 is 14.2 Å². The highest BCUT2D eigenvalue weighted by Crippen LogP contribution is 2.41. The van der Waals surface area contributed by atoms with Crippen molar-refractivity contribution < 1.29 is 36.2 Å². The Bertz CT molecular complexity index is 1210. The molecule has 0 saturated heterocycles. The van der Waals surface area contributed by atoms with E-state index in [1.807, 2.05) is 0 Å². The summed E-state index contributed by atoms with van der Waals surface area (Å²) in [7, 11) is 0. The predicted octanol–water partition coefficient (Wildman–Crippen LogP) is 4.73. The second-order valence-electron chi connectivity index (χ2n) is 6.19. The molecule has 0 fully saturated rings. The third-order valence-electron chi connectivity index (χ3n) is 3.99. The van der Waals surface area contributed by atoms with Crippen molar-refractivity contribution in [3.8, 4) is 34.6 Å². The fraction of sp³-hybridized carbons (Fsp3) is 0.105. The fourth-order valence-electron chi connectivity index (χ4n) is 2.82. The number of nitriles is 1. The van der Waals surface area contributed by atoms with Gasteiger partial charge in [-0.1, -0.05) is 23.4 Å². The van der Waals surface area contributed by atoms with Gasteiger partial charge in [0.25, 0.3) is 0 Å². The summed E-state index contributed by atoms with van der Waals surface area (Å²) in [6, 6.07) is 9.46. The number of hydrogen-bond donors (Lipinski definition) is 1. The summed E-state index contributed by atoms with van der Waals surface area (Å²) in [5.74, 6) is -0.856. The number of halogens is 5. The van der Waals surface area contributed by atoms with E-state index in [4.69, 9.17) is 5.26 Å². The zero-order valence-corrected chi connectivity index (χ0v) is 15.1. The van der Waals surface area contributed by atoms with Gasteiger partial charge >= 0.3 is 12.7 Å². The Labute approximate surface area is 170 Å². The predicted molar refractivity (Wildman–Crippen MR) is 94.8 cm³/mol. The first-order chi connectivity index (χ1) is 14.6. The summed E-state index contributed by atoms with van der Waals surface area (Å²) in [6.45, 7) is 0. The van der Waals surface area contributed by atoms with Gasteiger partial charge in [0.1, 0.15) is 17.5 Å². The average Bonchev–Trinajstić information content (AvgIpc) is 3.26. The first kappa shape index (κ1) is 20.1. The normalized spacial score (nSPS) is 14.6. The Balaban J connectivity index is 1.69. The average molecular weight is 436 g/mol. The number of hydrogen-bond acceptors (Lipinski definition) is 6. The Morgan fingerprint density at radius 2 is 1.77 bits per heavy atom. The van der Waals surface area contributed by atoms with Crippen molar-refractivity contribution in [2.45, 2.75) is 12.7 Å². The molecule has 12 heteroatoms. The fourth-order valence-corrected chi connectivity index (χ4v) is 2.82. The Kier molecular flexibility index (Phi) is 4.73. The zero-order chi connectivity index (χ0) is 22.2. The molecule has 158 valence electrons. The highest BCUT2D eigenvalue weighted by atomic mass is 19.4. The van der Waals surface area contributed by atoms with E-state index in [2.05, 4.69) is 29.6 Å². The van der Waals surface area contributed by atoms with Crippen LogP contribution >= 0.6 is 0 Å². The standard InChI is InChI=1S/C19H9F5N4O3/c20-18(21,22)29-13-6-11(5-12(8-13)17-14(9-25)26-28-27-17)2-1-10-3-4-15-16(7-10)31-19(23,24)30-15/h1-8H,(H,26,27,28)/b2-1+. The van der Waals surface area contributed by atoms with Gasteiger partial charge in [-0.3, -0.25) is 0 Å². The molecular formula is C19H9F5N4O3. The highest BCUT2D eigenvalue weighted by molar-refractivity contribution is 5.76. The third-order valence-corrected chi connectivity index (χ3v) is 3.99. The largest absolute Gasteiger partial charge is 0.586 e. The molecule has 2 aromatic carbocycles. The summed E-state index contributed by atoms with van der Waals surface area (Å²) >= 11 is 0. The molecule has 0 radical (unpaired) electrons. The Morgan fingerprint density at radius 3 is 2.52 bits per heavy atom. The lowest BCUT2D eigenvalue weighted by molar-refractivity contribution is -0.286. The molecule has 0 aliphatic carbocycles. The minimum atomic E-state index is -4.94. The number of ether oxygens (including phenoxy) is 3. The van der Waals surface area contributed by atoms with Gasteiger partial charge in [-0.25, -0.2) is 5.10 Å². The topological polar surface area (TPSA) is 93.1 Å². The molecule has 0 amide bonds. The first-order valence-electron chi connectivity index (χ1n) is 8.42. The molecule has 0 bridgehead atoms. The van der Waals surface area contributed by atoms with Crippen LogP contribution in [0.25, 0.3) is 23.4 Å². The van der Waals surface area contributed by atoms with Crippen LogP contribution < -0.4 is 14.2 Å². The number of alkyl halides is 5. The smallest absolute Gasteiger partial charge is 0.406 e. The van der Waals surface area contributed by atoms with Crippen LogP contribution in [0.3, 0.4) is 0 Å². The van der Waals surface area contributed by atoms with Crippen molar-refractivity contribution in [2.75, 3.05) is 0 Å². The summed E-state index contributed by atoms with van der Waals surface area (Å²) in [5.41, 5.74) is 0.817. The van der Waals surface area contributed by atoms with Crippen molar-refractivity contribution in [1.82, 2.24) is 15.4 Å². The molecular weight excluding hydrogens is 427 g/mol. The van der Waals surface area contributed by atoms with E-state index in [0.717, 1.165) is 12.1 Å². The molecule has 0 saturated carbocycles. The summed E-state index contributed by atoms with van der Waals surface area (Å²) in [6.07, 6.45) is -5.82. The van der Waals surface area contributed by atoms with Gasteiger partial charge in [0, 0.05) is 5.56 Å². The van der Waals surface area contributed by atoms with Crippen molar-refractivity contribution in [3.05, 3.63) is 53.2 Å². The number of benzene rings is 2. The second kappa shape index (κ2) is 7.28. The number of fused-ring (bicyclic) bond motifs is 1. The first-order valence-corrected chi connectivity index (χ1v) is 8.42. The SMILES string of the molecule is N#Cc1[nH]nnc1-c1cc(/C=C/c2ccc3c(c2)OC(F)(F)O3)cc(OC(F)(F)F)c1. The van der Waals surface area contributed by atoms with Gasteiger partial charge in [0.2, 0.25) is 0 Å². The van der Waals surface area contributed by atoms with Crippen LogP contribution in [-0.2, 0) is 0 Å². The van der Waals surface area contributed by atoms with Crippen LogP contribution in [0.2, 0.25) is 0 Å². The molecule has 1 aliphatic rings. The van der Waals surface area contributed by atoms with E-state index in [0.29, 0.717) is 5.56 Å². The minimum absolute atomic E-state index is 0.0371. The van der Waals surface area contributed by atoms with Gasteiger partial charge in [-0.2, -0.15) is 5.26 Å². The quantitative estimate of drug-likeness (QED) is 0.469. The molecule has 1 aromatic heterocycles. The molecule has 2 heterocycles. The van der Waals surface area contributed by atoms with Crippen LogP contribution in [-0.4, -0.2) is 28.1 Å². The number of aromatic nitrogens is 3. The molecule has 0 unspecified atom stereocenters. The minimum Gasteiger partial charge on any atom is -0.406 e. The van der Waals surface area contributed by atoms with E-state index >= 15 is 0 Å². The number of nitrogens with one attached hydrogen (secondary N) is 1. The van der Waals surface area contributed by atoms with Gasteiger partial charge in [-0.15, -0.1) is 27.1 Å². The number of nitrogens with zero attached hydrogens (tertiary/aromatic N) is 3. The molecule has 3 aromatic rings. The molecule has 1 aliphatic heterocycles. The monoisotopic (exact) mass is 436 g/mol. The van der Waals surface area contributed by atoms with E-state index < -0.39 is 18.4 Å². The molecule has 7 nitrogen and oxygen atoms in total. The second-order valence-corrected chi connectivity index (χ2v) is 6.19. The number of rotatable bonds is 4. The van der Waals surface area contributed by atoms with Crippen LogP contribution in [0.4, 0.5) is 22.0 Å². The summed E-state index contributed by atoms with van der Waals surface area (Å²) in [4.78, 5) is 0. The van der Waals surface area contributed by atoms with Crippen molar-refractivity contribution in [1.29, 1.82) is 5.26 Å². The summed E-state index contributed by atoms with van der Waals surface area (Å²) < 4.78 is 77.1. The molecule has 4 rings (SSSR count). The molecule has 31 heavy (non-hydrogen) atoms. The Morgan fingerprint density at radius 1 is 1.03 bits per heavy atom. The van der Waals surface area contributed by atoms with Crippen LogP contribution in [0, 0.1) is 11.3 Å².